The van der Waals surface area contributed by atoms with Crippen molar-refractivity contribution in [1.29, 1.82) is 0 Å². The van der Waals surface area contributed by atoms with E-state index in [4.69, 9.17) is 9.47 Å². The van der Waals surface area contributed by atoms with E-state index in [0.717, 1.165) is 19.3 Å². The van der Waals surface area contributed by atoms with E-state index in [-0.39, 0.29) is 11.9 Å². The first kappa shape index (κ1) is 20.7. The lowest BCUT2D eigenvalue weighted by Gasteiger charge is -1.99. The first-order chi connectivity index (χ1) is 9.49. The molecule has 0 saturated heterocycles. The van der Waals surface area contributed by atoms with E-state index in [0.29, 0.717) is 18.8 Å². The van der Waals surface area contributed by atoms with Crippen molar-refractivity contribution in [2.45, 2.75) is 52.9 Å². The Morgan fingerprint density at radius 1 is 1.00 bits per heavy atom. The number of esters is 2. The largest absolute Gasteiger partial charge is 0.463 e. The fraction of sp³-hybridized carbons (Fsp3) is 0.625. The van der Waals surface area contributed by atoms with Crippen molar-refractivity contribution in [3.8, 4) is 0 Å². The smallest absolute Gasteiger partial charge is 0.333 e. The summed E-state index contributed by atoms with van der Waals surface area (Å²) in [6.07, 6.45) is 6.58. The fourth-order valence-electron chi connectivity index (χ4n) is 1.08. The minimum absolute atomic E-state index is 0.295. The van der Waals surface area contributed by atoms with Crippen molar-refractivity contribution >= 4 is 11.9 Å². The van der Waals surface area contributed by atoms with Crippen molar-refractivity contribution in [2.75, 3.05) is 13.2 Å². The Hall–Kier alpha value is -1.58. The van der Waals surface area contributed by atoms with Gasteiger partial charge in [0, 0.05) is 11.6 Å². The average molecular weight is 284 g/mol. The third-order valence-electron chi connectivity index (χ3n) is 2.19. The van der Waals surface area contributed by atoms with Crippen LogP contribution in [0.3, 0.4) is 0 Å². The summed E-state index contributed by atoms with van der Waals surface area (Å²) in [5, 5.41) is 0. The van der Waals surface area contributed by atoms with E-state index in [2.05, 4.69) is 20.1 Å². The monoisotopic (exact) mass is 284 g/mol. The second-order valence-corrected chi connectivity index (χ2v) is 4.35. The van der Waals surface area contributed by atoms with E-state index in [1.165, 1.54) is 18.9 Å². The summed E-state index contributed by atoms with van der Waals surface area (Å²) in [6.45, 7) is 13.5. The summed E-state index contributed by atoms with van der Waals surface area (Å²) >= 11 is 0. The molecule has 0 aliphatic rings. The van der Waals surface area contributed by atoms with Gasteiger partial charge in [0.2, 0.25) is 0 Å². The van der Waals surface area contributed by atoms with Crippen LogP contribution in [0.2, 0.25) is 0 Å². The zero-order chi connectivity index (χ0) is 15.8. The van der Waals surface area contributed by atoms with Gasteiger partial charge in [-0.1, -0.05) is 46.3 Å². The molecule has 0 heterocycles. The molecule has 0 atom stereocenters. The zero-order valence-electron chi connectivity index (χ0n) is 13.1. The molecule has 0 fully saturated rings. The van der Waals surface area contributed by atoms with Crippen LogP contribution in [-0.2, 0) is 19.1 Å². The van der Waals surface area contributed by atoms with E-state index < -0.39 is 0 Å². The lowest BCUT2D eigenvalue weighted by Crippen LogP contribution is -2.04. The second kappa shape index (κ2) is 15.5. The lowest BCUT2D eigenvalue weighted by atomic mass is 10.2. The minimum atomic E-state index is -0.318. The standard InChI is InChI=1S/C9H16O2.C7H12O2/c1-3-5-6-7-8-11-9(10)4-2;1-4-5-9-7(8)6(2)3/h4H,2-3,5-8H2,1H3;2,4-5H2,1,3H3. The Bertz CT molecular complexity index is 295. The van der Waals surface area contributed by atoms with Gasteiger partial charge in [-0.05, 0) is 19.8 Å². The minimum Gasteiger partial charge on any atom is -0.463 e. The maximum Gasteiger partial charge on any atom is 0.333 e. The van der Waals surface area contributed by atoms with Crippen LogP contribution in [0.1, 0.15) is 52.9 Å². The fourth-order valence-corrected chi connectivity index (χ4v) is 1.08. The molecule has 4 nitrogen and oxygen atoms in total. The van der Waals surface area contributed by atoms with Crippen molar-refractivity contribution < 1.29 is 19.1 Å². The molecular formula is C16H28O4. The molecule has 0 rings (SSSR count). The summed E-state index contributed by atoms with van der Waals surface area (Å²) in [5.41, 5.74) is 0.462. The molecule has 0 saturated carbocycles. The summed E-state index contributed by atoms with van der Waals surface area (Å²) < 4.78 is 9.49. The van der Waals surface area contributed by atoms with Gasteiger partial charge in [0.15, 0.2) is 0 Å². The number of unbranched alkanes of at least 4 members (excludes halogenated alkanes) is 3. The summed E-state index contributed by atoms with van der Waals surface area (Å²) in [4.78, 5) is 21.1. The van der Waals surface area contributed by atoms with Gasteiger partial charge < -0.3 is 9.47 Å². The van der Waals surface area contributed by atoms with Gasteiger partial charge in [0.1, 0.15) is 0 Å². The van der Waals surface area contributed by atoms with Gasteiger partial charge in [-0.15, -0.1) is 0 Å². The van der Waals surface area contributed by atoms with Crippen molar-refractivity contribution in [2.24, 2.45) is 0 Å². The highest BCUT2D eigenvalue weighted by atomic mass is 16.5. The van der Waals surface area contributed by atoms with Crippen LogP contribution >= 0.6 is 0 Å². The third kappa shape index (κ3) is 16.4. The van der Waals surface area contributed by atoms with Crippen LogP contribution in [0.5, 0.6) is 0 Å². The molecule has 0 spiro atoms. The molecule has 20 heavy (non-hydrogen) atoms. The highest BCUT2D eigenvalue weighted by Gasteiger charge is 1.99. The number of hydrogen-bond donors (Lipinski definition) is 0. The topological polar surface area (TPSA) is 52.6 Å². The van der Waals surface area contributed by atoms with E-state index in [1.54, 1.807) is 6.92 Å². The Kier molecular flexibility index (Phi) is 16.0. The second-order valence-electron chi connectivity index (χ2n) is 4.35. The molecule has 0 aromatic heterocycles. The summed E-state index contributed by atoms with van der Waals surface area (Å²) in [5.74, 6) is -0.613. The molecule has 116 valence electrons. The van der Waals surface area contributed by atoms with Crippen LogP contribution in [0.4, 0.5) is 0 Å². The molecule has 4 heteroatoms. The quantitative estimate of drug-likeness (QED) is 0.367. The Labute approximate surface area is 122 Å². The van der Waals surface area contributed by atoms with E-state index >= 15 is 0 Å². The molecule has 0 aromatic carbocycles. The van der Waals surface area contributed by atoms with Gasteiger partial charge in [0.25, 0.3) is 0 Å². The van der Waals surface area contributed by atoms with Gasteiger partial charge in [-0.25, -0.2) is 9.59 Å². The maximum absolute atomic E-state index is 10.6. The number of carbonyl (C=O) groups excluding carboxylic acids is 2. The predicted molar refractivity (Wildman–Crippen MR) is 81.4 cm³/mol. The van der Waals surface area contributed by atoms with Crippen LogP contribution in [0, 0.1) is 0 Å². The summed E-state index contributed by atoms with van der Waals surface area (Å²) in [6, 6.07) is 0. The molecule has 0 unspecified atom stereocenters. The Morgan fingerprint density at radius 2 is 1.65 bits per heavy atom. The number of carbonyl (C=O) groups is 2. The lowest BCUT2D eigenvalue weighted by molar-refractivity contribution is -0.139. The molecule has 0 bridgehead atoms. The van der Waals surface area contributed by atoms with Crippen LogP contribution in [0.25, 0.3) is 0 Å². The molecule has 0 aromatic rings. The van der Waals surface area contributed by atoms with Crippen molar-refractivity contribution in [1.82, 2.24) is 0 Å². The van der Waals surface area contributed by atoms with Crippen molar-refractivity contribution in [3.63, 3.8) is 0 Å². The number of ether oxygens (including phenoxy) is 2. The van der Waals surface area contributed by atoms with E-state index in [1.807, 2.05) is 6.92 Å². The van der Waals surface area contributed by atoms with Crippen molar-refractivity contribution in [3.05, 3.63) is 24.8 Å². The SMILES string of the molecule is C=C(C)C(=O)OCCC.C=CC(=O)OCCCCCC. The van der Waals surface area contributed by atoms with Gasteiger partial charge in [-0.3, -0.25) is 0 Å². The summed E-state index contributed by atoms with van der Waals surface area (Å²) in [7, 11) is 0. The van der Waals surface area contributed by atoms with Crippen LogP contribution in [0.15, 0.2) is 24.8 Å². The molecule has 0 aliphatic carbocycles. The first-order valence-electron chi connectivity index (χ1n) is 7.11. The Morgan fingerprint density at radius 3 is 2.10 bits per heavy atom. The van der Waals surface area contributed by atoms with Crippen LogP contribution in [-0.4, -0.2) is 25.2 Å². The highest BCUT2D eigenvalue weighted by molar-refractivity contribution is 5.86. The number of rotatable bonds is 9. The number of hydrogen-bond acceptors (Lipinski definition) is 4. The maximum atomic E-state index is 10.6. The highest BCUT2D eigenvalue weighted by Crippen LogP contribution is 1.98. The first-order valence-corrected chi connectivity index (χ1v) is 7.11. The molecule has 0 N–H and O–H groups in total. The third-order valence-corrected chi connectivity index (χ3v) is 2.19. The van der Waals surface area contributed by atoms with Gasteiger partial charge in [-0.2, -0.15) is 0 Å². The van der Waals surface area contributed by atoms with Gasteiger partial charge in [0.05, 0.1) is 13.2 Å². The molecule has 0 aliphatic heterocycles. The van der Waals surface area contributed by atoms with Crippen LogP contribution < -0.4 is 0 Å². The van der Waals surface area contributed by atoms with E-state index in [9.17, 15) is 9.59 Å². The van der Waals surface area contributed by atoms with Gasteiger partial charge >= 0.3 is 11.9 Å². The predicted octanol–water partition coefficient (Wildman–Crippen LogP) is 3.81. The molecule has 0 radical (unpaired) electrons. The zero-order valence-corrected chi connectivity index (χ0v) is 13.1. The molecule has 0 amide bonds. The normalized spacial score (nSPS) is 8.95. The molecular weight excluding hydrogens is 256 g/mol. The Balaban J connectivity index is 0. The average Bonchev–Trinajstić information content (AvgIpc) is 2.44.